The molecule has 7 nitrogen and oxygen atoms in total. The first-order chi connectivity index (χ1) is 14.0. The highest BCUT2D eigenvalue weighted by atomic mass is 16.2. The molecule has 1 aliphatic heterocycles. The van der Waals surface area contributed by atoms with Gasteiger partial charge < -0.3 is 20.4 Å². The van der Waals surface area contributed by atoms with Crippen LogP contribution in [0.3, 0.4) is 0 Å². The number of amides is 1. The number of anilines is 1. The molecule has 1 aromatic carbocycles. The van der Waals surface area contributed by atoms with Crippen LogP contribution in [0.1, 0.15) is 26.2 Å². The van der Waals surface area contributed by atoms with Crippen LogP contribution in [-0.2, 0) is 4.79 Å². The Hall–Kier alpha value is -2.28. The Labute approximate surface area is 176 Å². The average molecular weight is 403 g/mol. The van der Waals surface area contributed by atoms with Crippen LogP contribution in [0, 0.1) is 0 Å². The molecule has 0 saturated carbocycles. The number of carbonyl (C=O) groups excluding carboxylic acids is 1. The number of benzene rings is 1. The van der Waals surface area contributed by atoms with Crippen LogP contribution in [0.2, 0.25) is 0 Å². The van der Waals surface area contributed by atoms with E-state index in [9.17, 15) is 4.79 Å². The van der Waals surface area contributed by atoms with E-state index in [-0.39, 0.29) is 12.5 Å². The largest absolute Gasteiger partial charge is 0.375 e. The fourth-order valence-electron chi connectivity index (χ4n) is 3.55. The van der Waals surface area contributed by atoms with Crippen LogP contribution >= 0.6 is 0 Å². The number of guanidine groups is 1. The lowest BCUT2D eigenvalue weighted by Gasteiger charge is -2.24. The van der Waals surface area contributed by atoms with Crippen molar-refractivity contribution in [1.82, 2.24) is 20.4 Å². The molecule has 29 heavy (non-hydrogen) atoms. The Morgan fingerprint density at radius 3 is 2.66 bits per heavy atom. The van der Waals surface area contributed by atoms with Gasteiger partial charge in [-0.2, -0.15) is 0 Å². The van der Waals surface area contributed by atoms with Gasteiger partial charge in [-0.25, -0.2) is 4.99 Å². The molecule has 1 aromatic rings. The van der Waals surface area contributed by atoms with Crippen molar-refractivity contribution in [3.05, 3.63) is 30.3 Å². The number of hydrogen-bond acceptors (Lipinski definition) is 4. The van der Waals surface area contributed by atoms with Gasteiger partial charge in [-0.3, -0.25) is 9.69 Å². The fourth-order valence-corrected chi connectivity index (χ4v) is 3.55. The molecule has 7 heteroatoms. The molecule has 162 valence electrons. The van der Waals surface area contributed by atoms with Gasteiger partial charge in [-0.15, -0.1) is 0 Å². The first-order valence-corrected chi connectivity index (χ1v) is 10.7. The number of carbonyl (C=O) groups is 1. The third-order valence-corrected chi connectivity index (χ3v) is 5.44. The van der Waals surface area contributed by atoms with Gasteiger partial charge in [0.05, 0.1) is 0 Å². The standard InChI is InChI=1S/C22H38N6O/c1-5-28-16-9-13-20(28)17-24-22(25-18-21(29)26(2)3)23-14-10-15-27(4)19-11-7-6-8-12-19/h6-8,11-12,20H,5,9-10,13-18H2,1-4H3,(H2,23,24,25). The van der Waals surface area contributed by atoms with Crippen LogP contribution in [-0.4, -0.2) is 88.1 Å². The summed E-state index contributed by atoms with van der Waals surface area (Å²) in [4.78, 5) is 22.8. The van der Waals surface area contributed by atoms with Crippen LogP contribution in [0.5, 0.6) is 0 Å². The topological polar surface area (TPSA) is 63.2 Å². The minimum Gasteiger partial charge on any atom is -0.375 e. The SMILES string of the molecule is CCN1CCCC1CNC(=NCC(=O)N(C)C)NCCCN(C)c1ccccc1. The van der Waals surface area contributed by atoms with E-state index in [4.69, 9.17) is 0 Å². The molecule has 2 rings (SSSR count). The van der Waals surface area contributed by atoms with Gasteiger partial charge in [0.2, 0.25) is 5.91 Å². The molecule has 1 amide bonds. The summed E-state index contributed by atoms with van der Waals surface area (Å²) in [6, 6.07) is 10.9. The van der Waals surface area contributed by atoms with Gasteiger partial charge in [0.1, 0.15) is 6.54 Å². The van der Waals surface area contributed by atoms with E-state index in [1.807, 2.05) is 6.07 Å². The normalized spacial score (nSPS) is 17.2. The van der Waals surface area contributed by atoms with Crippen molar-refractivity contribution >= 4 is 17.6 Å². The maximum absolute atomic E-state index is 11.9. The Balaban J connectivity index is 1.82. The smallest absolute Gasteiger partial charge is 0.243 e. The van der Waals surface area contributed by atoms with Crippen molar-refractivity contribution in [2.24, 2.45) is 4.99 Å². The van der Waals surface area contributed by atoms with Gasteiger partial charge in [-0.1, -0.05) is 25.1 Å². The van der Waals surface area contributed by atoms with Crippen LogP contribution in [0.4, 0.5) is 5.69 Å². The van der Waals surface area contributed by atoms with E-state index in [0.29, 0.717) is 6.04 Å². The van der Waals surface area contributed by atoms with Crippen LogP contribution in [0.15, 0.2) is 35.3 Å². The van der Waals surface area contributed by atoms with E-state index in [0.717, 1.165) is 38.6 Å². The molecule has 0 spiro atoms. The van der Waals surface area contributed by atoms with Crippen LogP contribution < -0.4 is 15.5 Å². The number of likely N-dealkylation sites (N-methyl/N-ethyl adjacent to an activating group) is 2. The van der Waals surface area contributed by atoms with Crippen molar-refractivity contribution in [2.45, 2.75) is 32.2 Å². The quantitative estimate of drug-likeness (QED) is 0.354. The first kappa shape index (κ1) is 23.0. The minimum atomic E-state index is 0.00552. The van der Waals surface area contributed by atoms with Gasteiger partial charge in [-0.05, 0) is 44.5 Å². The predicted molar refractivity (Wildman–Crippen MR) is 122 cm³/mol. The van der Waals surface area contributed by atoms with Crippen LogP contribution in [0.25, 0.3) is 0 Å². The fraction of sp³-hybridized carbons (Fsp3) is 0.636. The molecule has 0 bridgehead atoms. The monoisotopic (exact) mass is 402 g/mol. The Morgan fingerprint density at radius 2 is 1.97 bits per heavy atom. The van der Waals surface area contributed by atoms with Crippen molar-refractivity contribution in [1.29, 1.82) is 0 Å². The zero-order chi connectivity index (χ0) is 21.1. The highest BCUT2D eigenvalue weighted by molar-refractivity contribution is 5.84. The summed E-state index contributed by atoms with van der Waals surface area (Å²) in [5, 5.41) is 6.85. The minimum absolute atomic E-state index is 0.00552. The molecule has 2 N–H and O–H groups in total. The number of likely N-dealkylation sites (tertiary alicyclic amines) is 1. The van der Waals surface area contributed by atoms with Gasteiger partial charge in [0.15, 0.2) is 5.96 Å². The predicted octanol–water partition coefficient (Wildman–Crippen LogP) is 1.62. The van der Waals surface area contributed by atoms with Crippen molar-refractivity contribution in [2.75, 3.05) is 65.3 Å². The molecule has 0 radical (unpaired) electrons. The zero-order valence-electron chi connectivity index (χ0n) is 18.5. The van der Waals surface area contributed by atoms with E-state index in [1.165, 1.54) is 25.1 Å². The van der Waals surface area contributed by atoms with Gasteiger partial charge in [0.25, 0.3) is 0 Å². The maximum Gasteiger partial charge on any atom is 0.243 e. The highest BCUT2D eigenvalue weighted by Crippen LogP contribution is 2.15. The van der Waals surface area contributed by atoms with E-state index >= 15 is 0 Å². The summed E-state index contributed by atoms with van der Waals surface area (Å²) in [7, 11) is 5.63. The molecule has 1 aliphatic rings. The molecular weight excluding hydrogens is 364 g/mol. The lowest BCUT2D eigenvalue weighted by molar-refractivity contribution is -0.127. The molecule has 1 saturated heterocycles. The molecule has 1 unspecified atom stereocenters. The molecular formula is C22H38N6O. The number of hydrogen-bond donors (Lipinski definition) is 2. The summed E-state index contributed by atoms with van der Waals surface area (Å²) < 4.78 is 0. The third kappa shape index (κ3) is 7.93. The summed E-state index contributed by atoms with van der Waals surface area (Å²) >= 11 is 0. The second kappa shape index (κ2) is 12.3. The summed E-state index contributed by atoms with van der Waals surface area (Å²) in [5.41, 5.74) is 1.22. The summed E-state index contributed by atoms with van der Waals surface area (Å²) in [6.07, 6.45) is 3.45. The molecule has 1 fully saturated rings. The van der Waals surface area contributed by atoms with Crippen molar-refractivity contribution in [3.8, 4) is 0 Å². The Bertz CT molecular complexity index is 633. The van der Waals surface area contributed by atoms with Gasteiger partial charge >= 0.3 is 0 Å². The molecule has 1 atom stereocenters. The highest BCUT2D eigenvalue weighted by Gasteiger charge is 2.22. The summed E-state index contributed by atoms with van der Waals surface area (Å²) in [6.45, 7) is 7.25. The molecule has 0 aliphatic carbocycles. The first-order valence-electron chi connectivity index (χ1n) is 10.7. The van der Waals surface area contributed by atoms with E-state index < -0.39 is 0 Å². The Morgan fingerprint density at radius 1 is 1.21 bits per heavy atom. The lowest BCUT2D eigenvalue weighted by Crippen LogP contribution is -2.45. The average Bonchev–Trinajstić information content (AvgIpc) is 3.20. The maximum atomic E-state index is 11.9. The molecule has 1 heterocycles. The number of nitrogens with one attached hydrogen (secondary N) is 2. The number of nitrogens with zero attached hydrogens (tertiary/aromatic N) is 4. The van der Waals surface area contributed by atoms with Crippen molar-refractivity contribution in [3.63, 3.8) is 0 Å². The Kier molecular flexibility index (Phi) is 9.77. The molecule has 0 aromatic heterocycles. The van der Waals surface area contributed by atoms with Gasteiger partial charge in [0, 0.05) is 52.5 Å². The number of rotatable bonds is 10. The second-order valence-corrected chi connectivity index (χ2v) is 7.80. The number of para-hydroxylation sites is 1. The lowest BCUT2D eigenvalue weighted by atomic mass is 10.2. The number of aliphatic imine (C=N–C) groups is 1. The zero-order valence-corrected chi connectivity index (χ0v) is 18.5. The summed E-state index contributed by atoms with van der Waals surface area (Å²) in [5.74, 6) is 0.733. The third-order valence-electron chi connectivity index (χ3n) is 5.44. The van der Waals surface area contributed by atoms with E-state index in [1.54, 1.807) is 19.0 Å². The van der Waals surface area contributed by atoms with Crippen molar-refractivity contribution < 1.29 is 4.79 Å². The van der Waals surface area contributed by atoms with E-state index in [2.05, 4.69) is 63.7 Å². The second-order valence-electron chi connectivity index (χ2n) is 7.80.